The maximum absolute atomic E-state index is 3.48. The number of rotatable bonds is 1. The molecule has 0 N–H and O–H groups in total. The van der Waals surface area contributed by atoms with Gasteiger partial charge in [0.25, 0.3) is 0 Å². The monoisotopic (exact) mass is 234 g/mol. The number of halogens is 1. The molecule has 0 aromatic heterocycles. The van der Waals surface area contributed by atoms with Crippen molar-refractivity contribution in [3.63, 3.8) is 0 Å². The zero-order chi connectivity index (χ0) is 9.10. The highest BCUT2D eigenvalue weighted by molar-refractivity contribution is 9.10. The smallest absolute Gasteiger partial charge is 0.0181 e. The van der Waals surface area contributed by atoms with E-state index in [1.807, 2.05) is 0 Å². The predicted octanol–water partition coefficient (Wildman–Crippen LogP) is 4.18. The Labute approximate surface area is 87.1 Å². The van der Waals surface area contributed by atoms with Crippen LogP contribution in [-0.2, 0) is 0 Å². The Morgan fingerprint density at radius 1 is 1.15 bits per heavy atom. The van der Waals surface area contributed by atoms with Gasteiger partial charge < -0.3 is 0 Å². The van der Waals surface area contributed by atoms with Crippen molar-refractivity contribution in [2.45, 2.75) is 12.8 Å². The molecule has 0 heterocycles. The lowest BCUT2D eigenvalue weighted by Crippen LogP contribution is -1.85. The minimum atomic E-state index is 1.14. The maximum atomic E-state index is 3.48. The summed E-state index contributed by atoms with van der Waals surface area (Å²) in [6.45, 7) is 0. The average Bonchev–Trinajstić information content (AvgIpc) is 2.19. The molecule has 1 aromatic carbocycles. The van der Waals surface area contributed by atoms with Gasteiger partial charge in [-0.3, -0.25) is 0 Å². The van der Waals surface area contributed by atoms with E-state index in [-0.39, 0.29) is 0 Å². The van der Waals surface area contributed by atoms with Crippen molar-refractivity contribution in [3.8, 4) is 0 Å². The van der Waals surface area contributed by atoms with Crippen molar-refractivity contribution in [2.75, 3.05) is 0 Å². The summed E-state index contributed by atoms with van der Waals surface area (Å²) in [7, 11) is 0. The van der Waals surface area contributed by atoms with E-state index in [0.717, 1.165) is 4.47 Å². The molecule has 0 spiro atoms. The van der Waals surface area contributed by atoms with E-state index in [2.05, 4.69) is 58.4 Å². The lowest BCUT2D eigenvalue weighted by molar-refractivity contribution is 1.04. The molecule has 0 aliphatic heterocycles. The van der Waals surface area contributed by atoms with Crippen molar-refractivity contribution >= 4 is 21.5 Å². The van der Waals surface area contributed by atoms with Gasteiger partial charge in [-0.1, -0.05) is 46.3 Å². The van der Waals surface area contributed by atoms with Gasteiger partial charge in [-0.05, 0) is 36.1 Å². The van der Waals surface area contributed by atoms with Crippen LogP contribution in [-0.4, -0.2) is 0 Å². The molecule has 0 amide bonds. The summed E-state index contributed by atoms with van der Waals surface area (Å²) in [5, 5.41) is 0. The Bertz CT molecular complexity index is 361. The molecule has 0 unspecified atom stereocenters. The highest BCUT2D eigenvalue weighted by Crippen LogP contribution is 2.23. The molecule has 0 nitrogen and oxygen atoms in total. The van der Waals surface area contributed by atoms with Gasteiger partial charge in [0.15, 0.2) is 0 Å². The molecule has 0 radical (unpaired) electrons. The van der Waals surface area contributed by atoms with Gasteiger partial charge in [0, 0.05) is 4.47 Å². The van der Waals surface area contributed by atoms with Crippen molar-refractivity contribution < 1.29 is 0 Å². The topological polar surface area (TPSA) is 0 Å². The molecule has 1 aliphatic rings. The van der Waals surface area contributed by atoms with E-state index in [0.29, 0.717) is 0 Å². The summed E-state index contributed by atoms with van der Waals surface area (Å²) in [5.74, 6) is 0. The molecule has 0 saturated carbocycles. The van der Waals surface area contributed by atoms with Crippen LogP contribution in [0.1, 0.15) is 18.4 Å². The Kier molecular flexibility index (Phi) is 2.65. The third-order valence-electron chi connectivity index (χ3n) is 2.15. The summed E-state index contributed by atoms with van der Waals surface area (Å²) in [6, 6.07) is 8.42. The maximum Gasteiger partial charge on any atom is 0.0181 e. The molecule has 1 aromatic rings. The first-order chi connectivity index (χ1) is 6.36. The normalized spacial score (nSPS) is 15.6. The largest absolute Gasteiger partial charge is 0.0836 e. The van der Waals surface area contributed by atoms with Crippen LogP contribution in [0.25, 0.3) is 5.57 Å². The average molecular weight is 235 g/mol. The molecule has 1 aliphatic carbocycles. The first-order valence-electron chi connectivity index (χ1n) is 4.49. The van der Waals surface area contributed by atoms with Crippen LogP contribution in [0, 0.1) is 0 Å². The number of benzene rings is 1. The van der Waals surface area contributed by atoms with Crippen LogP contribution in [0.4, 0.5) is 0 Å². The standard InChI is InChI=1S/C12H11Br/c13-12-8-4-7-11(9-12)10-5-2-1-3-6-10/h2,4-9H,1,3H2. The van der Waals surface area contributed by atoms with Gasteiger partial charge in [-0.25, -0.2) is 0 Å². The Hall–Kier alpha value is -0.820. The zero-order valence-corrected chi connectivity index (χ0v) is 8.92. The molecule has 1 heteroatoms. The molecular weight excluding hydrogens is 224 g/mol. The number of hydrogen-bond acceptors (Lipinski definition) is 0. The second-order valence-corrected chi connectivity index (χ2v) is 4.07. The van der Waals surface area contributed by atoms with E-state index >= 15 is 0 Å². The third kappa shape index (κ3) is 2.10. The molecule has 0 bridgehead atoms. The first-order valence-corrected chi connectivity index (χ1v) is 5.28. The van der Waals surface area contributed by atoms with Gasteiger partial charge in [-0.2, -0.15) is 0 Å². The molecule has 0 atom stereocenters. The highest BCUT2D eigenvalue weighted by Gasteiger charge is 2.00. The van der Waals surface area contributed by atoms with Crippen molar-refractivity contribution in [3.05, 3.63) is 52.5 Å². The van der Waals surface area contributed by atoms with Gasteiger partial charge in [0.2, 0.25) is 0 Å². The van der Waals surface area contributed by atoms with Gasteiger partial charge in [-0.15, -0.1) is 0 Å². The Morgan fingerprint density at radius 2 is 2.08 bits per heavy atom. The number of allylic oxidation sites excluding steroid dienone is 4. The zero-order valence-electron chi connectivity index (χ0n) is 7.33. The van der Waals surface area contributed by atoms with E-state index in [9.17, 15) is 0 Å². The fourth-order valence-corrected chi connectivity index (χ4v) is 1.89. The second-order valence-electron chi connectivity index (χ2n) is 3.15. The summed E-state index contributed by atoms with van der Waals surface area (Å²) in [4.78, 5) is 0. The van der Waals surface area contributed by atoms with Crippen LogP contribution in [0.5, 0.6) is 0 Å². The van der Waals surface area contributed by atoms with Gasteiger partial charge in [0.1, 0.15) is 0 Å². The molecule has 66 valence electrons. The van der Waals surface area contributed by atoms with E-state index in [4.69, 9.17) is 0 Å². The second kappa shape index (κ2) is 3.93. The summed E-state index contributed by atoms with van der Waals surface area (Å²) < 4.78 is 1.14. The van der Waals surface area contributed by atoms with Crippen molar-refractivity contribution in [1.29, 1.82) is 0 Å². The van der Waals surface area contributed by atoms with Crippen LogP contribution in [0.2, 0.25) is 0 Å². The van der Waals surface area contributed by atoms with E-state index in [1.165, 1.54) is 24.0 Å². The van der Waals surface area contributed by atoms with Crippen LogP contribution in [0.15, 0.2) is 47.0 Å². The lowest BCUT2D eigenvalue weighted by atomic mass is 10.00. The van der Waals surface area contributed by atoms with E-state index in [1.54, 1.807) is 0 Å². The molecular formula is C12H11Br. The van der Waals surface area contributed by atoms with Gasteiger partial charge >= 0.3 is 0 Å². The van der Waals surface area contributed by atoms with Crippen LogP contribution in [0.3, 0.4) is 0 Å². The van der Waals surface area contributed by atoms with Crippen molar-refractivity contribution in [1.82, 2.24) is 0 Å². The van der Waals surface area contributed by atoms with Crippen LogP contribution >= 0.6 is 15.9 Å². The minimum absolute atomic E-state index is 1.14. The highest BCUT2D eigenvalue weighted by atomic mass is 79.9. The summed E-state index contributed by atoms with van der Waals surface area (Å²) >= 11 is 3.48. The molecule has 2 rings (SSSR count). The van der Waals surface area contributed by atoms with Gasteiger partial charge in [0.05, 0.1) is 0 Å². The molecule has 0 fully saturated rings. The number of hydrogen-bond donors (Lipinski definition) is 0. The predicted molar refractivity (Wildman–Crippen MR) is 60.5 cm³/mol. The molecule has 0 saturated heterocycles. The Morgan fingerprint density at radius 3 is 2.77 bits per heavy atom. The third-order valence-corrected chi connectivity index (χ3v) is 2.65. The fraction of sp³-hybridized carbons (Fsp3) is 0.167. The van der Waals surface area contributed by atoms with E-state index < -0.39 is 0 Å². The minimum Gasteiger partial charge on any atom is -0.0836 e. The summed E-state index contributed by atoms with van der Waals surface area (Å²) in [5.41, 5.74) is 2.64. The van der Waals surface area contributed by atoms with Crippen molar-refractivity contribution in [2.24, 2.45) is 0 Å². The lowest BCUT2D eigenvalue weighted by Gasteiger charge is -2.06. The fourth-order valence-electron chi connectivity index (χ4n) is 1.50. The van der Waals surface area contributed by atoms with Crippen LogP contribution < -0.4 is 0 Å². The Balaban J connectivity index is 2.35. The summed E-state index contributed by atoms with van der Waals surface area (Å²) in [6.07, 6.45) is 9.07. The molecule has 13 heavy (non-hydrogen) atoms. The quantitative estimate of drug-likeness (QED) is 0.684. The SMILES string of the molecule is Brc1cccc(C2=CCCC=C2)c1. The first kappa shape index (κ1) is 8.76.